The van der Waals surface area contributed by atoms with Gasteiger partial charge in [-0.15, -0.1) is 0 Å². The highest BCUT2D eigenvalue weighted by molar-refractivity contribution is 5.83. The topological polar surface area (TPSA) is 41.6 Å². The number of allylic oxidation sites excluding steroid dienone is 2. The molecule has 1 heterocycles. The number of carbonyl (C=O) groups is 1. The van der Waals surface area contributed by atoms with Gasteiger partial charge < -0.3 is 15.0 Å². The van der Waals surface area contributed by atoms with Gasteiger partial charge in [-0.1, -0.05) is 31.2 Å². The van der Waals surface area contributed by atoms with Crippen LogP contribution in [0, 0.1) is 23.7 Å². The van der Waals surface area contributed by atoms with E-state index in [9.17, 15) is 4.79 Å². The van der Waals surface area contributed by atoms with Gasteiger partial charge in [0, 0.05) is 31.0 Å². The van der Waals surface area contributed by atoms with E-state index in [4.69, 9.17) is 4.74 Å². The van der Waals surface area contributed by atoms with Crippen LogP contribution in [0.25, 0.3) is 0 Å². The molecule has 1 saturated heterocycles. The maximum Gasteiger partial charge on any atom is 0.224 e. The lowest BCUT2D eigenvalue weighted by molar-refractivity contribution is -0.127. The van der Waals surface area contributed by atoms with E-state index in [-0.39, 0.29) is 23.0 Å². The molecule has 4 unspecified atom stereocenters. The van der Waals surface area contributed by atoms with E-state index < -0.39 is 0 Å². The molecule has 0 bridgehead atoms. The molecule has 1 N–H and O–H groups in total. The molecule has 3 rings (SSSR count). The Kier molecular flexibility index (Phi) is 4.89. The fourth-order valence-electron chi connectivity index (χ4n) is 4.16. The predicted molar refractivity (Wildman–Crippen MR) is 101 cm³/mol. The zero-order chi connectivity index (χ0) is 18.4. The number of likely N-dealkylation sites (tertiary alicyclic amines) is 1. The lowest BCUT2D eigenvalue weighted by Crippen LogP contribution is -2.51. The number of carbonyl (C=O) groups excluding carboxylic acids is 1. The summed E-state index contributed by atoms with van der Waals surface area (Å²) in [6, 6.07) is 0.585. The Labute approximate surface area is 152 Å². The van der Waals surface area contributed by atoms with Crippen molar-refractivity contribution in [3.05, 3.63) is 24.3 Å². The molecule has 0 radical (unpaired) electrons. The van der Waals surface area contributed by atoms with Gasteiger partial charge >= 0.3 is 0 Å². The molecule has 4 heteroatoms. The van der Waals surface area contributed by atoms with Crippen LogP contribution in [-0.4, -0.2) is 47.7 Å². The van der Waals surface area contributed by atoms with Crippen molar-refractivity contribution in [3.8, 4) is 0 Å². The van der Waals surface area contributed by atoms with Crippen molar-refractivity contribution in [2.24, 2.45) is 23.7 Å². The average Bonchev–Trinajstić information content (AvgIpc) is 3.03. The standard InChI is InChI=1S/C21H34N2O2/c1-14(2)23-11-16-17(12-23)18(16)19(24)22-20(4,5)13-25-21(6)10-8-7-9-15(21)3/h7-10,14-18H,11-13H2,1-6H3,(H,22,24)/t15?,16-,17?,18?,21?/m0/s1. The quantitative estimate of drug-likeness (QED) is 0.804. The maximum absolute atomic E-state index is 12.7. The minimum Gasteiger partial charge on any atom is -0.368 e. The molecule has 0 aromatic rings. The van der Waals surface area contributed by atoms with Crippen molar-refractivity contribution in [2.45, 2.75) is 58.7 Å². The van der Waals surface area contributed by atoms with Gasteiger partial charge in [-0.05, 0) is 46.5 Å². The van der Waals surface area contributed by atoms with E-state index in [0.717, 1.165) is 13.1 Å². The first-order valence-corrected chi connectivity index (χ1v) is 9.69. The van der Waals surface area contributed by atoms with Crippen LogP contribution in [0.2, 0.25) is 0 Å². The van der Waals surface area contributed by atoms with Crippen molar-refractivity contribution in [3.63, 3.8) is 0 Å². The van der Waals surface area contributed by atoms with E-state index in [2.05, 4.69) is 70.0 Å². The molecule has 25 heavy (non-hydrogen) atoms. The van der Waals surface area contributed by atoms with E-state index in [1.807, 2.05) is 6.08 Å². The van der Waals surface area contributed by atoms with Gasteiger partial charge in [-0.25, -0.2) is 0 Å². The van der Waals surface area contributed by atoms with E-state index in [1.54, 1.807) is 0 Å². The smallest absolute Gasteiger partial charge is 0.224 e. The van der Waals surface area contributed by atoms with Crippen molar-refractivity contribution >= 4 is 5.91 Å². The zero-order valence-corrected chi connectivity index (χ0v) is 16.6. The number of nitrogens with one attached hydrogen (secondary N) is 1. The highest BCUT2D eigenvalue weighted by atomic mass is 16.5. The number of ether oxygens (including phenoxy) is 1. The number of rotatable bonds is 6. The van der Waals surface area contributed by atoms with Gasteiger partial charge in [-0.3, -0.25) is 4.79 Å². The lowest BCUT2D eigenvalue weighted by Gasteiger charge is -2.37. The van der Waals surface area contributed by atoms with Gasteiger partial charge in [0.2, 0.25) is 5.91 Å². The summed E-state index contributed by atoms with van der Waals surface area (Å²) in [7, 11) is 0. The fourth-order valence-corrected chi connectivity index (χ4v) is 4.16. The number of piperidine rings is 1. The second-order valence-corrected chi connectivity index (χ2v) is 9.28. The molecular weight excluding hydrogens is 312 g/mol. The molecule has 0 spiro atoms. The van der Waals surface area contributed by atoms with Gasteiger partial charge in [0.25, 0.3) is 0 Å². The Hall–Kier alpha value is -1.13. The summed E-state index contributed by atoms with van der Waals surface area (Å²) in [6.07, 6.45) is 8.38. The first-order valence-electron chi connectivity index (χ1n) is 9.69. The molecule has 2 fully saturated rings. The Balaban J connectivity index is 1.49. The monoisotopic (exact) mass is 346 g/mol. The summed E-state index contributed by atoms with van der Waals surface area (Å²) in [5.74, 6) is 1.87. The maximum atomic E-state index is 12.7. The van der Waals surface area contributed by atoms with Crippen molar-refractivity contribution in [1.29, 1.82) is 0 Å². The number of fused-ring (bicyclic) bond motifs is 1. The first kappa shape index (κ1) is 18.7. The van der Waals surface area contributed by atoms with Crippen LogP contribution in [0.5, 0.6) is 0 Å². The van der Waals surface area contributed by atoms with Crippen LogP contribution in [0.4, 0.5) is 0 Å². The normalized spacial score (nSPS) is 37.4. The van der Waals surface area contributed by atoms with Gasteiger partial charge in [0.05, 0.1) is 17.7 Å². The second kappa shape index (κ2) is 6.55. The van der Waals surface area contributed by atoms with Crippen LogP contribution < -0.4 is 5.32 Å². The fraction of sp³-hybridized carbons (Fsp3) is 0.762. The number of nitrogens with zero attached hydrogens (tertiary/aromatic N) is 1. The molecule has 2 aliphatic carbocycles. The van der Waals surface area contributed by atoms with Crippen LogP contribution >= 0.6 is 0 Å². The molecule has 4 nitrogen and oxygen atoms in total. The minimum atomic E-state index is -0.358. The van der Waals surface area contributed by atoms with E-state index >= 15 is 0 Å². The zero-order valence-electron chi connectivity index (χ0n) is 16.6. The van der Waals surface area contributed by atoms with Crippen LogP contribution in [0.15, 0.2) is 24.3 Å². The molecule has 140 valence electrons. The Morgan fingerprint density at radius 3 is 2.52 bits per heavy atom. The molecular formula is C21H34N2O2. The third-order valence-corrected chi connectivity index (χ3v) is 6.30. The Bertz CT molecular complexity index is 568. The number of hydrogen-bond acceptors (Lipinski definition) is 3. The van der Waals surface area contributed by atoms with Crippen molar-refractivity contribution in [2.75, 3.05) is 19.7 Å². The molecule has 1 amide bonds. The summed E-state index contributed by atoms with van der Waals surface area (Å²) in [5.41, 5.74) is -0.659. The van der Waals surface area contributed by atoms with E-state index in [0.29, 0.717) is 30.4 Å². The van der Waals surface area contributed by atoms with Gasteiger partial charge in [0.1, 0.15) is 0 Å². The minimum absolute atomic E-state index is 0.210. The highest BCUT2D eigenvalue weighted by Crippen LogP contribution is 2.52. The van der Waals surface area contributed by atoms with Crippen LogP contribution in [-0.2, 0) is 9.53 Å². The van der Waals surface area contributed by atoms with Crippen LogP contribution in [0.3, 0.4) is 0 Å². The first-order chi connectivity index (χ1) is 11.6. The second-order valence-electron chi connectivity index (χ2n) is 9.28. The Morgan fingerprint density at radius 2 is 1.96 bits per heavy atom. The lowest BCUT2D eigenvalue weighted by atomic mass is 9.86. The molecule has 0 aromatic carbocycles. The molecule has 1 aliphatic heterocycles. The van der Waals surface area contributed by atoms with Gasteiger partial charge in [-0.2, -0.15) is 0 Å². The number of hydrogen-bond donors (Lipinski definition) is 1. The SMILES string of the molecule is CC(C)N1CC2C(C(=O)NC(C)(C)COC3(C)C=CC=CC3C)[C@H]2C1. The summed E-state index contributed by atoms with van der Waals surface area (Å²) in [5, 5.41) is 3.24. The summed E-state index contributed by atoms with van der Waals surface area (Å²) in [4.78, 5) is 15.2. The predicted octanol–water partition coefficient (Wildman–Crippen LogP) is 3.00. The highest BCUT2D eigenvalue weighted by Gasteiger charge is 2.59. The van der Waals surface area contributed by atoms with Crippen molar-refractivity contribution in [1.82, 2.24) is 10.2 Å². The molecule has 5 atom stereocenters. The number of amides is 1. The van der Waals surface area contributed by atoms with Crippen LogP contribution in [0.1, 0.15) is 41.5 Å². The molecule has 1 saturated carbocycles. The third kappa shape index (κ3) is 3.85. The average molecular weight is 347 g/mol. The Morgan fingerprint density at radius 1 is 1.32 bits per heavy atom. The summed E-state index contributed by atoms with van der Waals surface area (Å²) >= 11 is 0. The molecule has 3 aliphatic rings. The van der Waals surface area contributed by atoms with E-state index in [1.165, 1.54) is 0 Å². The van der Waals surface area contributed by atoms with Gasteiger partial charge in [0.15, 0.2) is 0 Å². The largest absolute Gasteiger partial charge is 0.368 e. The summed E-state index contributed by atoms with van der Waals surface area (Å²) in [6.45, 7) is 15.5. The third-order valence-electron chi connectivity index (χ3n) is 6.30. The summed E-state index contributed by atoms with van der Waals surface area (Å²) < 4.78 is 6.23. The van der Waals surface area contributed by atoms with Crippen molar-refractivity contribution < 1.29 is 9.53 Å². The molecule has 0 aromatic heterocycles.